The van der Waals surface area contributed by atoms with Crippen LogP contribution in [0.5, 0.6) is 0 Å². The van der Waals surface area contributed by atoms with Crippen molar-refractivity contribution in [3.05, 3.63) is 10.4 Å². The number of nitrogens with one attached hydrogen (secondary N) is 1. The number of rotatable bonds is 7. The van der Waals surface area contributed by atoms with Gasteiger partial charge in [0.1, 0.15) is 0 Å². The first-order valence-electron chi connectivity index (χ1n) is 5.35. The summed E-state index contributed by atoms with van der Waals surface area (Å²) >= 11 is 0. The summed E-state index contributed by atoms with van der Waals surface area (Å²) in [6.07, 6.45) is 1.57. The van der Waals surface area contributed by atoms with Crippen LogP contribution in [0.4, 0.5) is 0 Å². The Morgan fingerprint density at radius 1 is 1.50 bits per heavy atom. The molecule has 16 heavy (non-hydrogen) atoms. The fourth-order valence-corrected chi connectivity index (χ4v) is 1.26. The van der Waals surface area contributed by atoms with Crippen LogP contribution in [0.1, 0.15) is 26.7 Å². The first-order chi connectivity index (χ1) is 7.37. The molecule has 0 atom stereocenters. The molecule has 0 bridgehead atoms. The molecule has 0 unspecified atom stereocenters. The predicted molar refractivity (Wildman–Crippen MR) is 64.0 cm³/mol. The third-order valence-electron chi connectivity index (χ3n) is 2.06. The van der Waals surface area contributed by atoms with E-state index < -0.39 is 0 Å². The van der Waals surface area contributed by atoms with Gasteiger partial charge in [-0.05, 0) is 32.5 Å². The molecule has 0 fully saturated rings. The lowest BCUT2D eigenvalue weighted by Crippen LogP contribution is -2.34. The lowest BCUT2D eigenvalue weighted by atomic mass is 10.00. The van der Waals surface area contributed by atoms with E-state index in [1.807, 2.05) is 32.8 Å². The number of carbonyl (C=O) groups is 1. The van der Waals surface area contributed by atoms with Crippen LogP contribution >= 0.6 is 0 Å². The highest BCUT2D eigenvalue weighted by atomic mass is 16.1. The molecule has 0 saturated carbocycles. The predicted octanol–water partition coefficient (Wildman–Crippen LogP) is 1.53. The Bertz CT molecular complexity index is 268. The molecule has 0 aromatic heterocycles. The standard InChI is InChI=1S/C10H21N5O/c1-10(2,13-14-11)6-5-7-12-9(16)8-15(3)4/h5-8H2,1-4H3,(H,12,16). The zero-order chi connectivity index (χ0) is 12.6. The van der Waals surface area contributed by atoms with Crippen LogP contribution in [-0.4, -0.2) is 43.5 Å². The normalized spacial score (nSPS) is 11.1. The Hall–Kier alpha value is -1.26. The van der Waals surface area contributed by atoms with E-state index >= 15 is 0 Å². The number of amides is 1. The molecule has 1 amide bonds. The first kappa shape index (κ1) is 14.7. The van der Waals surface area contributed by atoms with Crippen molar-refractivity contribution >= 4 is 5.91 Å². The van der Waals surface area contributed by atoms with Gasteiger partial charge in [-0.3, -0.25) is 4.79 Å². The second-order valence-electron chi connectivity index (χ2n) is 4.69. The van der Waals surface area contributed by atoms with Gasteiger partial charge in [-0.1, -0.05) is 19.0 Å². The van der Waals surface area contributed by atoms with Gasteiger partial charge in [0.2, 0.25) is 5.91 Å². The second-order valence-corrected chi connectivity index (χ2v) is 4.69. The van der Waals surface area contributed by atoms with Gasteiger partial charge in [0.05, 0.1) is 6.54 Å². The summed E-state index contributed by atoms with van der Waals surface area (Å²) in [5, 5.41) is 6.49. The van der Waals surface area contributed by atoms with Crippen LogP contribution in [0, 0.1) is 0 Å². The third kappa shape index (κ3) is 8.08. The van der Waals surface area contributed by atoms with Crippen LogP contribution in [0.25, 0.3) is 10.4 Å². The summed E-state index contributed by atoms with van der Waals surface area (Å²) in [6, 6.07) is 0. The summed E-state index contributed by atoms with van der Waals surface area (Å²) in [5.74, 6) is 0.0200. The molecule has 92 valence electrons. The minimum Gasteiger partial charge on any atom is -0.355 e. The topological polar surface area (TPSA) is 81.1 Å². The van der Waals surface area contributed by atoms with Gasteiger partial charge in [-0.25, -0.2) is 0 Å². The number of nitrogens with zero attached hydrogens (tertiary/aromatic N) is 4. The zero-order valence-electron chi connectivity index (χ0n) is 10.5. The highest BCUT2D eigenvalue weighted by molar-refractivity contribution is 5.77. The SMILES string of the molecule is CN(C)CC(=O)NCCCC(C)(C)N=[N+]=[N-]. The molecule has 0 aliphatic rings. The van der Waals surface area contributed by atoms with Gasteiger partial charge in [-0.15, -0.1) is 0 Å². The Labute approximate surface area is 96.6 Å². The molecule has 0 aromatic carbocycles. The van der Waals surface area contributed by atoms with E-state index in [-0.39, 0.29) is 11.4 Å². The summed E-state index contributed by atoms with van der Waals surface area (Å²) in [5.41, 5.74) is 7.95. The van der Waals surface area contributed by atoms with Crippen molar-refractivity contribution in [2.75, 3.05) is 27.2 Å². The van der Waals surface area contributed by atoms with Crippen molar-refractivity contribution in [1.29, 1.82) is 0 Å². The van der Waals surface area contributed by atoms with Gasteiger partial charge in [0.15, 0.2) is 0 Å². The summed E-state index contributed by atoms with van der Waals surface area (Å²) in [6.45, 7) is 4.79. The quantitative estimate of drug-likeness (QED) is 0.310. The largest absolute Gasteiger partial charge is 0.355 e. The second kappa shape index (κ2) is 7.09. The number of hydrogen-bond acceptors (Lipinski definition) is 3. The lowest BCUT2D eigenvalue weighted by molar-refractivity contribution is -0.121. The van der Waals surface area contributed by atoms with Gasteiger partial charge < -0.3 is 10.2 Å². The van der Waals surface area contributed by atoms with Crippen LogP contribution in [0.3, 0.4) is 0 Å². The first-order valence-corrected chi connectivity index (χ1v) is 5.35. The van der Waals surface area contributed by atoms with Crippen molar-refractivity contribution in [2.24, 2.45) is 5.11 Å². The molecule has 0 aromatic rings. The van der Waals surface area contributed by atoms with E-state index in [4.69, 9.17) is 5.53 Å². The molecule has 1 N–H and O–H groups in total. The van der Waals surface area contributed by atoms with Gasteiger partial charge in [0, 0.05) is 17.0 Å². The molecule has 0 heterocycles. The Morgan fingerprint density at radius 2 is 2.12 bits per heavy atom. The third-order valence-corrected chi connectivity index (χ3v) is 2.06. The molecule has 6 nitrogen and oxygen atoms in total. The zero-order valence-corrected chi connectivity index (χ0v) is 10.5. The average Bonchev–Trinajstić information content (AvgIpc) is 2.11. The molecule has 0 saturated heterocycles. The Balaban J connectivity index is 3.68. The maximum absolute atomic E-state index is 11.3. The Kier molecular flexibility index (Phi) is 6.53. The van der Waals surface area contributed by atoms with E-state index in [1.165, 1.54) is 0 Å². The summed E-state index contributed by atoms with van der Waals surface area (Å²) in [4.78, 5) is 15.9. The maximum Gasteiger partial charge on any atom is 0.234 e. The number of hydrogen-bond donors (Lipinski definition) is 1. The van der Waals surface area contributed by atoms with Crippen LogP contribution in [-0.2, 0) is 4.79 Å². The van der Waals surface area contributed by atoms with Gasteiger partial charge in [-0.2, -0.15) is 0 Å². The monoisotopic (exact) mass is 227 g/mol. The summed E-state index contributed by atoms with van der Waals surface area (Å²) in [7, 11) is 3.70. The highest BCUT2D eigenvalue weighted by Crippen LogP contribution is 2.15. The van der Waals surface area contributed by atoms with E-state index in [2.05, 4.69) is 15.3 Å². The molecule has 0 radical (unpaired) electrons. The summed E-state index contributed by atoms with van der Waals surface area (Å²) < 4.78 is 0. The van der Waals surface area contributed by atoms with Crippen LogP contribution in [0.15, 0.2) is 5.11 Å². The van der Waals surface area contributed by atoms with Crippen molar-refractivity contribution in [2.45, 2.75) is 32.2 Å². The van der Waals surface area contributed by atoms with Crippen molar-refractivity contribution < 1.29 is 4.79 Å². The molecule has 6 heteroatoms. The van der Waals surface area contributed by atoms with Crippen molar-refractivity contribution in [3.63, 3.8) is 0 Å². The fraction of sp³-hybridized carbons (Fsp3) is 0.900. The lowest BCUT2D eigenvalue weighted by Gasteiger charge is -2.17. The molecular formula is C10H21N5O. The van der Waals surface area contributed by atoms with Crippen LogP contribution < -0.4 is 5.32 Å². The van der Waals surface area contributed by atoms with Gasteiger partial charge >= 0.3 is 0 Å². The number of carbonyl (C=O) groups excluding carboxylic acids is 1. The Morgan fingerprint density at radius 3 is 2.62 bits per heavy atom. The highest BCUT2D eigenvalue weighted by Gasteiger charge is 2.14. The van der Waals surface area contributed by atoms with E-state index in [9.17, 15) is 4.79 Å². The van der Waals surface area contributed by atoms with E-state index in [0.29, 0.717) is 13.1 Å². The molecule has 0 aliphatic carbocycles. The minimum atomic E-state index is -0.374. The molecular weight excluding hydrogens is 206 g/mol. The molecule has 0 rings (SSSR count). The maximum atomic E-state index is 11.3. The molecule has 0 aliphatic heterocycles. The smallest absolute Gasteiger partial charge is 0.234 e. The van der Waals surface area contributed by atoms with Crippen molar-refractivity contribution in [1.82, 2.24) is 10.2 Å². The minimum absolute atomic E-state index is 0.0200. The number of likely N-dealkylation sites (N-methyl/N-ethyl adjacent to an activating group) is 1. The van der Waals surface area contributed by atoms with Gasteiger partial charge in [0.25, 0.3) is 0 Å². The average molecular weight is 227 g/mol. The van der Waals surface area contributed by atoms with Crippen LogP contribution in [0.2, 0.25) is 0 Å². The number of azide groups is 1. The molecule has 0 spiro atoms. The van der Waals surface area contributed by atoms with E-state index in [0.717, 1.165) is 12.8 Å². The van der Waals surface area contributed by atoms with E-state index in [1.54, 1.807) is 0 Å². The fourth-order valence-electron chi connectivity index (χ4n) is 1.26. The van der Waals surface area contributed by atoms with Crippen molar-refractivity contribution in [3.8, 4) is 0 Å².